The quantitative estimate of drug-likeness (QED) is 0.427. The molecule has 5 nitrogen and oxygen atoms in total. The van der Waals surface area contributed by atoms with Crippen LogP contribution in [0.2, 0.25) is 0 Å². The van der Waals surface area contributed by atoms with E-state index in [1.165, 1.54) is 38.5 Å². The number of nitrogens with one attached hydrogen (secondary N) is 2. The molecule has 1 heterocycles. The van der Waals surface area contributed by atoms with Gasteiger partial charge in [0.1, 0.15) is 0 Å². The van der Waals surface area contributed by atoms with E-state index in [-0.39, 0.29) is 30.7 Å². The predicted octanol–water partition coefficient (Wildman–Crippen LogP) is 4.94. The summed E-state index contributed by atoms with van der Waals surface area (Å²) in [6, 6.07) is 10.6. The second kappa shape index (κ2) is 14.4. The topological polar surface area (TPSA) is 67.2 Å². The van der Waals surface area contributed by atoms with E-state index in [9.17, 15) is 4.79 Å². The lowest BCUT2D eigenvalue weighted by atomic mass is 10.1. The summed E-state index contributed by atoms with van der Waals surface area (Å²) in [5.74, 6) is 1.57. The molecule has 0 aliphatic heterocycles. The molecule has 0 atom stereocenters. The van der Waals surface area contributed by atoms with E-state index < -0.39 is 0 Å². The number of amides is 1. The second-order valence-corrected chi connectivity index (χ2v) is 7.33. The molecule has 1 aromatic heterocycles. The van der Waals surface area contributed by atoms with Crippen LogP contribution in [-0.4, -0.2) is 30.0 Å². The molecule has 0 spiro atoms. The zero-order valence-corrected chi connectivity index (χ0v) is 18.5. The number of aryl methyl sites for hydroxylation is 1. The molecular formula is C22H33Cl2N3O2. The molecule has 1 aromatic carbocycles. The maximum Gasteiger partial charge on any atom is 0.220 e. The fourth-order valence-corrected chi connectivity index (χ4v) is 3.61. The van der Waals surface area contributed by atoms with Crippen molar-refractivity contribution in [1.29, 1.82) is 0 Å². The molecule has 2 aromatic rings. The lowest BCUT2D eigenvalue weighted by Gasteiger charge is -2.16. The van der Waals surface area contributed by atoms with Gasteiger partial charge in [0.2, 0.25) is 5.91 Å². The molecule has 0 saturated heterocycles. The third kappa shape index (κ3) is 9.20. The highest BCUT2D eigenvalue weighted by molar-refractivity contribution is 5.85. The van der Waals surface area contributed by atoms with E-state index in [1.54, 1.807) is 6.20 Å². The van der Waals surface area contributed by atoms with E-state index in [1.807, 2.05) is 30.3 Å². The number of rotatable bonds is 9. The van der Waals surface area contributed by atoms with Gasteiger partial charge in [-0.2, -0.15) is 0 Å². The van der Waals surface area contributed by atoms with E-state index in [0.717, 1.165) is 24.3 Å². The fraction of sp³-hybridized carbons (Fsp3) is 0.545. The molecule has 0 bridgehead atoms. The maximum atomic E-state index is 12.0. The summed E-state index contributed by atoms with van der Waals surface area (Å²) < 4.78 is 5.77. The summed E-state index contributed by atoms with van der Waals surface area (Å²) in [6.07, 6.45) is 11.6. The first-order valence-corrected chi connectivity index (χ1v) is 10.3. The van der Waals surface area contributed by atoms with Crippen molar-refractivity contribution in [2.24, 2.45) is 0 Å². The minimum atomic E-state index is 0. The molecular weight excluding hydrogens is 409 g/mol. The highest BCUT2D eigenvalue weighted by Crippen LogP contribution is 2.20. The fourth-order valence-electron chi connectivity index (χ4n) is 3.61. The number of carbonyl (C=O) groups excluding carboxylic acids is 1. The number of hydrogen-bond donors (Lipinski definition) is 2. The zero-order valence-electron chi connectivity index (χ0n) is 16.9. The van der Waals surface area contributed by atoms with Gasteiger partial charge in [-0.3, -0.25) is 4.79 Å². The van der Waals surface area contributed by atoms with Crippen LogP contribution in [0.3, 0.4) is 0 Å². The van der Waals surface area contributed by atoms with E-state index in [4.69, 9.17) is 4.42 Å². The van der Waals surface area contributed by atoms with Crippen LogP contribution in [0.5, 0.6) is 0 Å². The normalized spacial score (nSPS) is 14.3. The second-order valence-electron chi connectivity index (χ2n) is 7.33. The Hall–Kier alpha value is -1.56. The first-order chi connectivity index (χ1) is 13.3. The number of hydrogen-bond acceptors (Lipinski definition) is 4. The minimum Gasteiger partial charge on any atom is -0.441 e. The number of halogens is 2. The molecule has 0 unspecified atom stereocenters. The van der Waals surface area contributed by atoms with Gasteiger partial charge in [-0.1, -0.05) is 56.0 Å². The molecule has 1 saturated carbocycles. The summed E-state index contributed by atoms with van der Waals surface area (Å²) in [5.41, 5.74) is 1.02. The maximum absolute atomic E-state index is 12.0. The van der Waals surface area contributed by atoms with Gasteiger partial charge in [-0.15, -0.1) is 24.8 Å². The Bertz CT molecular complexity index is 686. The van der Waals surface area contributed by atoms with Gasteiger partial charge in [0.05, 0.1) is 6.20 Å². The van der Waals surface area contributed by atoms with Crippen LogP contribution < -0.4 is 10.6 Å². The van der Waals surface area contributed by atoms with Crippen LogP contribution >= 0.6 is 24.8 Å². The van der Waals surface area contributed by atoms with Crippen molar-refractivity contribution in [2.45, 2.75) is 63.8 Å². The van der Waals surface area contributed by atoms with Crippen LogP contribution in [0.4, 0.5) is 0 Å². The monoisotopic (exact) mass is 441 g/mol. The van der Waals surface area contributed by atoms with Crippen LogP contribution in [0.25, 0.3) is 11.3 Å². The summed E-state index contributed by atoms with van der Waals surface area (Å²) in [6.45, 7) is 1.56. The lowest BCUT2D eigenvalue weighted by molar-refractivity contribution is -0.121. The Labute approximate surface area is 186 Å². The third-order valence-electron chi connectivity index (χ3n) is 5.14. The molecule has 0 radical (unpaired) electrons. The van der Waals surface area contributed by atoms with Crippen molar-refractivity contribution in [1.82, 2.24) is 15.6 Å². The van der Waals surface area contributed by atoms with Crippen molar-refractivity contribution in [2.75, 3.05) is 13.1 Å². The van der Waals surface area contributed by atoms with Crippen molar-refractivity contribution in [3.63, 3.8) is 0 Å². The molecule has 29 heavy (non-hydrogen) atoms. The summed E-state index contributed by atoms with van der Waals surface area (Å²) in [7, 11) is 0. The average Bonchev–Trinajstić information content (AvgIpc) is 3.01. The molecule has 7 heteroatoms. The van der Waals surface area contributed by atoms with Crippen LogP contribution in [0, 0.1) is 0 Å². The first kappa shape index (κ1) is 25.5. The van der Waals surface area contributed by atoms with Gasteiger partial charge in [0, 0.05) is 37.5 Å². The van der Waals surface area contributed by atoms with Crippen molar-refractivity contribution in [3.8, 4) is 11.3 Å². The van der Waals surface area contributed by atoms with Gasteiger partial charge >= 0.3 is 0 Å². The Morgan fingerprint density at radius 3 is 2.48 bits per heavy atom. The molecule has 162 valence electrons. The van der Waals surface area contributed by atoms with Gasteiger partial charge in [0.25, 0.3) is 0 Å². The van der Waals surface area contributed by atoms with Gasteiger partial charge in [0.15, 0.2) is 11.7 Å². The number of carbonyl (C=O) groups is 1. The molecule has 1 aliphatic carbocycles. The third-order valence-corrected chi connectivity index (χ3v) is 5.14. The van der Waals surface area contributed by atoms with Crippen LogP contribution in [0.15, 0.2) is 40.9 Å². The smallest absolute Gasteiger partial charge is 0.220 e. The highest BCUT2D eigenvalue weighted by Gasteiger charge is 2.11. The SMILES string of the molecule is Cl.Cl.O=C(CCCc1ncc(-c2ccccc2)o1)NCCNC1CCCCCC1. The minimum absolute atomic E-state index is 0. The number of oxazole rings is 1. The average molecular weight is 442 g/mol. The molecule has 1 fully saturated rings. The van der Waals surface area contributed by atoms with Gasteiger partial charge in [-0.05, 0) is 19.3 Å². The largest absolute Gasteiger partial charge is 0.441 e. The van der Waals surface area contributed by atoms with Crippen LogP contribution in [0.1, 0.15) is 57.3 Å². The Morgan fingerprint density at radius 2 is 1.76 bits per heavy atom. The Balaban J connectivity index is 0.00000210. The number of aromatic nitrogens is 1. The molecule has 1 amide bonds. The summed E-state index contributed by atoms with van der Waals surface area (Å²) >= 11 is 0. The van der Waals surface area contributed by atoms with Crippen LogP contribution in [-0.2, 0) is 11.2 Å². The first-order valence-electron chi connectivity index (χ1n) is 10.3. The van der Waals surface area contributed by atoms with Crippen molar-refractivity contribution < 1.29 is 9.21 Å². The number of benzene rings is 1. The standard InChI is InChI=1S/C22H31N3O2.2ClH/c26-21(24-16-15-23-19-11-6-1-2-7-12-19)13-8-14-22-25-17-20(27-22)18-9-4-3-5-10-18;;/h3-5,9-10,17,19,23H,1-2,6-8,11-16H2,(H,24,26);2*1H. The van der Waals surface area contributed by atoms with Gasteiger partial charge < -0.3 is 15.1 Å². The highest BCUT2D eigenvalue weighted by atomic mass is 35.5. The van der Waals surface area contributed by atoms with E-state index >= 15 is 0 Å². The Morgan fingerprint density at radius 1 is 1.03 bits per heavy atom. The molecule has 3 rings (SSSR count). The summed E-state index contributed by atoms with van der Waals surface area (Å²) in [4.78, 5) is 16.3. The molecule has 1 aliphatic rings. The zero-order chi connectivity index (χ0) is 18.7. The summed E-state index contributed by atoms with van der Waals surface area (Å²) in [5, 5.41) is 6.58. The van der Waals surface area contributed by atoms with Crippen molar-refractivity contribution in [3.05, 3.63) is 42.4 Å². The predicted molar refractivity (Wildman–Crippen MR) is 122 cm³/mol. The van der Waals surface area contributed by atoms with Gasteiger partial charge in [-0.25, -0.2) is 4.98 Å². The molecule has 2 N–H and O–H groups in total. The number of nitrogens with zero attached hydrogens (tertiary/aromatic N) is 1. The van der Waals surface area contributed by atoms with E-state index in [0.29, 0.717) is 31.3 Å². The Kier molecular flexibility index (Phi) is 12.7. The van der Waals surface area contributed by atoms with E-state index in [2.05, 4.69) is 15.6 Å². The lowest BCUT2D eigenvalue weighted by Crippen LogP contribution is -2.36. The van der Waals surface area contributed by atoms with Crippen molar-refractivity contribution >= 4 is 30.7 Å².